The molecule has 0 aliphatic carbocycles. The average Bonchev–Trinajstić information content (AvgIpc) is 2.97. The van der Waals surface area contributed by atoms with E-state index >= 15 is 0 Å². The van der Waals surface area contributed by atoms with Crippen molar-refractivity contribution in [1.29, 1.82) is 0 Å². The lowest BCUT2D eigenvalue weighted by molar-refractivity contribution is 0.414. The average molecular weight is 499 g/mol. The molecule has 0 fully saturated rings. The molecule has 3 aromatic carbocycles. The van der Waals surface area contributed by atoms with Crippen molar-refractivity contribution in [2.45, 2.75) is 60.7 Å². The minimum absolute atomic E-state index is 0.0316. The molecule has 0 spiro atoms. The summed E-state index contributed by atoms with van der Waals surface area (Å²) in [6.45, 7) is 11.3. The smallest absolute Gasteiger partial charge is 0.118 e. The van der Waals surface area contributed by atoms with Crippen LogP contribution in [0.1, 0.15) is 66.5 Å². The number of ether oxygens (including phenoxy) is 3. The summed E-state index contributed by atoms with van der Waals surface area (Å²) in [6.07, 6.45) is -3.81. The maximum Gasteiger partial charge on any atom is 0.118 e. The van der Waals surface area contributed by atoms with Crippen LogP contribution in [0, 0.1) is 17.8 Å². The lowest BCUT2D eigenvalue weighted by Gasteiger charge is -2.05. The van der Waals surface area contributed by atoms with Gasteiger partial charge >= 0.3 is 0 Å². The molecular weight excluding hydrogens is 444 g/mol. The quantitative estimate of drug-likeness (QED) is 0.295. The lowest BCUT2D eigenvalue weighted by Crippen LogP contribution is -1.93. The Morgan fingerprint density at radius 3 is 0.778 bits per heavy atom. The first-order valence-electron chi connectivity index (χ1n) is 15.4. The summed E-state index contributed by atoms with van der Waals surface area (Å²) >= 11 is 0. The van der Waals surface area contributed by atoms with Crippen LogP contribution in [0.5, 0.6) is 17.2 Å². The van der Waals surface area contributed by atoms with Crippen molar-refractivity contribution in [2.24, 2.45) is 17.8 Å². The van der Waals surface area contributed by atoms with Gasteiger partial charge in [0.2, 0.25) is 0 Å². The molecular formula is C33H48O3. The molecule has 0 unspecified atom stereocenters. The molecule has 3 heteroatoms. The molecule has 3 nitrogen and oxygen atoms in total. The zero-order valence-corrected chi connectivity index (χ0v) is 23.4. The topological polar surface area (TPSA) is 27.7 Å². The fourth-order valence-electron chi connectivity index (χ4n) is 3.06. The summed E-state index contributed by atoms with van der Waals surface area (Å²) in [6, 6.07) is 21.4. The van der Waals surface area contributed by atoms with E-state index in [1.807, 2.05) is 41.5 Å². The molecule has 36 heavy (non-hydrogen) atoms. The van der Waals surface area contributed by atoms with Gasteiger partial charge in [0.25, 0.3) is 0 Å². The van der Waals surface area contributed by atoms with Gasteiger partial charge in [0, 0.05) is 8.22 Å². The number of methoxy groups -OCH3 is 3. The number of rotatable bonds is 9. The second-order valence-corrected chi connectivity index (χ2v) is 9.08. The molecule has 0 radical (unpaired) electrons. The Labute approximate surface area is 229 Å². The summed E-state index contributed by atoms with van der Waals surface area (Å²) in [4.78, 5) is 0. The van der Waals surface area contributed by atoms with Crippen LogP contribution in [-0.2, 0) is 19.1 Å². The molecule has 0 amide bonds. The number of benzene rings is 3. The Morgan fingerprint density at radius 2 is 0.639 bits per heavy atom. The summed E-state index contributed by atoms with van der Waals surface area (Å²) in [5, 5.41) is 0. The van der Waals surface area contributed by atoms with Crippen LogP contribution in [0.2, 0.25) is 0 Å². The molecule has 0 heterocycles. The highest BCUT2D eigenvalue weighted by Gasteiger charge is 1.99. The normalized spacial score (nSPS) is 14.0. The monoisotopic (exact) mass is 498 g/mol. The standard InChI is InChI=1S/3C11H16O/c3*1-9(2)8-10-4-6-11(12-3)7-5-10/h3*4-7,9H,8H2,1-3H3/i3*8D2. The molecule has 3 rings (SSSR count). The molecule has 0 atom stereocenters. The maximum absolute atomic E-state index is 7.88. The second-order valence-electron chi connectivity index (χ2n) is 9.08. The van der Waals surface area contributed by atoms with Crippen LogP contribution in [0.25, 0.3) is 0 Å². The molecule has 0 saturated carbocycles. The Hall–Kier alpha value is -2.94. The molecule has 0 aliphatic heterocycles. The molecule has 198 valence electrons. The molecule has 3 aromatic rings. The Kier molecular flexibility index (Phi) is 10.8. The predicted octanol–water partition coefficient (Wildman–Crippen LogP) is 8.68. The van der Waals surface area contributed by atoms with Gasteiger partial charge in [-0.25, -0.2) is 0 Å². The third-order valence-electron chi connectivity index (χ3n) is 4.64. The van der Waals surface area contributed by atoms with Gasteiger partial charge in [-0.05, 0) is 90.0 Å². The van der Waals surface area contributed by atoms with Gasteiger partial charge in [0.1, 0.15) is 17.2 Å². The van der Waals surface area contributed by atoms with Crippen molar-refractivity contribution in [3.63, 3.8) is 0 Å². The number of hydrogen-bond acceptors (Lipinski definition) is 3. The highest BCUT2D eigenvalue weighted by atomic mass is 16.5. The van der Waals surface area contributed by atoms with E-state index in [-0.39, 0.29) is 17.8 Å². The fraction of sp³-hybridized carbons (Fsp3) is 0.455. The summed E-state index contributed by atoms with van der Waals surface area (Å²) < 4.78 is 62.3. The molecule has 0 saturated heterocycles. The maximum atomic E-state index is 7.88. The minimum Gasteiger partial charge on any atom is -0.497 e. The lowest BCUT2D eigenvalue weighted by atomic mass is 10.0. The Balaban J connectivity index is 0.000000315. The van der Waals surface area contributed by atoms with Crippen LogP contribution in [0.15, 0.2) is 72.8 Å². The largest absolute Gasteiger partial charge is 0.497 e. The van der Waals surface area contributed by atoms with Gasteiger partial charge in [-0.1, -0.05) is 77.9 Å². The van der Waals surface area contributed by atoms with Gasteiger partial charge in [-0.15, -0.1) is 0 Å². The van der Waals surface area contributed by atoms with E-state index in [0.29, 0.717) is 16.7 Å². The van der Waals surface area contributed by atoms with Crippen molar-refractivity contribution in [3.8, 4) is 17.2 Å². The first-order chi connectivity index (χ1) is 19.4. The van der Waals surface area contributed by atoms with Crippen molar-refractivity contribution >= 4 is 0 Å². The van der Waals surface area contributed by atoms with Gasteiger partial charge in [-0.3, -0.25) is 0 Å². The molecule has 0 aliphatic rings. The van der Waals surface area contributed by atoms with E-state index in [0.717, 1.165) is 17.2 Å². The Morgan fingerprint density at radius 1 is 0.444 bits per heavy atom. The van der Waals surface area contributed by atoms with Crippen molar-refractivity contribution in [3.05, 3.63) is 89.5 Å². The number of hydrogen-bond donors (Lipinski definition) is 0. The fourth-order valence-corrected chi connectivity index (χ4v) is 3.06. The van der Waals surface area contributed by atoms with Crippen molar-refractivity contribution in [2.75, 3.05) is 21.3 Å². The van der Waals surface area contributed by atoms with E-state index in [2.05, 4.69) is 0 Å². The third-order valence-corrected chi connectivity index (χ3v) is 4.64. The van der Waals surface area contributed by atoms with E-state index in [9.17, 15) is 0 Å². The minimum atomic E-state index is -1.27. The van der Waals surface area contributed by atoms with Crippen LogP contribution in [-0.4, -0.2) is 21.3 Å². The van der Waals surface area contributed by atoms with Gasteiger partial charge < -0.3 is 14.2 Å². The predicted molar refractivity (Wildman–Crippen MR) is 155 cm³/mol. The molecule has 0 bridgehead atoms. The molecule has 0 N–H and O–H groups in total. The van der Waals surface area contributed by atoms with Crippen molar-refractivity contribution < 1.29 is 22.4 Å². The highest BCUT2D eigenvalue weighted by molar-refractivity contribution is 5.28. The summed E-state index contributed by atoms with van der Waals surface area (Å²) in [5.74, 6) is 2.18. The highest BCUT2D eigenvalue weighted by Crippen LogP contribution is 2.16. The van der Waals surface area contributed by atoms with E-state index < -0.39 is 19.1 Å². The van der Waals surface area contributed by atoms with Crippen LogP contribution in [0.3, 0.4) is 0 Å². The van der Waals surface area contributed by atoms with Gasteiger partial charge in [0.05, 0.1) is 21.3 Å². The Bertz CT molecular complexity index is 1020. The SMILES string of the molecule is [2H]C([2H])(c1ccc(OC)cc1)C(C)C.[2H]C([2H])(c1ccc(OC)cc1)C(C)C.[2H]C([2H])(c1ccc(OC)cc1)C(C)C. The summed E-state index contributed by atoms with van der Waals surface area (Å²) in [7, 11) is 4.81. The zero-order valence-electron chi connectivity index (χ0n) is 29.4. The van der Waals surface area contributed by atoms with Crippen molar-refractivity contribution in [1.82, 2.24) is 0 Å². The zero-order chi connectivity index (χ0) is 32.3. The first kappa shape index (κ1) is 22.3. The second kappa shape index (κ2) is 17.5. The third kappa shape index (κ3) is 13.8. The van der Waals surface area contributed by atoms with E-state index in [4.69, 9.17) is 22.4 Å². The van der Waals surface area contributed by atoms with E-state index in [1.54, 1.807) is 94.1 Å². The van der Waals surface area contributed by atoms with Crippen LogP contribution < -0.4 is 14.2 Å². The van der Waals surface area contributed by atoms with Crippen LogP contribution >= 0.6 is 0 Å². The van der Waals surface area contributed by atoms with Gasteiger partial charge in [0.15, 0.2) is 0 Å². The van der Waals surface area contributed by atoms with E-state index in [1.165, 1.54) is 0 Å². The van der Waals surface area contributed by atoms with Gasteiger partial charge in [-0.2, -0.15) is 0 Å². The first-order valence-corrected chi connectivity index (χ1v) is 12.4. The van der Waals surface area contributed by atoms with Crippen LogP contribution in [0.4, 0.5) is 0 Å². The summed E-state index contributed by atoms with van der Waals surface area (Å²) in [5.41, 5.74) is 2.11. The molecule has 0 aromatic heterocycles.